The molecule has 0 saturated carbocycles. The van der Waals surface area contributed by atoms with Crippen molar-refractivity contribution >= 4 is 5.97 Å². The first-order valence-corrected chi connectivity index (χ1v) is 5.86. The van der Waals surface area contributed by atoms with E-state index in [0.29, 0.717) is 5.75 Å². The van der Waals surface area contributed by atoms with Gasteiger partial charge in [0.05, 0.1) is 12.5 Å². The van der Waals surface area contributed by atoms with Gasteiger partial charge in [0, 0.05) is 11.6 Å². The molecule has 1 atom stereocenters. The molecule has 0 aliphatic rings. The highest BCUT2D eigenvalue weighted by molar-refractivity contribution is 5.75. The third-order valence-electron chi connectivity index (χ3n) is 3.35. The monoisotopic (exact) mass is 251 g/mol. The maximum atomic E-state index is 11.3. The molecule has 0 amide bonds. The van der Waals surface area contributed by atoms with Gasteiger partial charge < -0.3 is 15.6 Å². The lowest BCUT2D eigenvalue weighted by Crippen LogP contribution is -2.37. The van der Waals surface area contributed by atoms with Crippen LogP contribution in [0, 0.1) is 19.3 Å². The first-order valence-electron chi connectivity index (χ1n) is 5.86. The van der Waals surface area contributed by atoms with E-state index in [0.717, 1.165) is 16.7 Å². The highest BCUT2D eigenvalue weighted by atomic mass is 16.5. The molecule has 1 aromatic carbocycles. The fraction of sp³-hybridized carbons (Fsp3) is 0.500. The van der Waals surface area contributed by atoms with Crippen LogP contribution in [-0.4, -0.2) is 18.2 Å². The lowest BCUT2D eigenvalue weighted by molar-refractivity contribution is -0.148. The number of nitrogens with two attached hydrogens (primary N) is 1. The maximum absolute atomic E-state index is 11.3. The summed E-state index contributed by atoms with van der Waals surface area (Å²) in [7, 11) is 1.57. The van der Waals surface area contributed by atoms with Gasteiger partial charge in [-0.1, -0.05) is 6.07 Å². The number of hydrogen-bond acceptors (Lipinski definition) is 3. The number of aliphatic carboxylic acids is 1. The van der Waals surface area contributed by atoms with Gasteiger partial charge in [0.1, 0.15) is 5.75 Å². The summed E-state index contributed by atoms with van der Waals surface area (Å²) in [5.74, 6) is -0.272. The second kappa shape index (κ2) is 4.98. The van der Waals surface area contributed by atoms with Gasteiger partial charge in [0.25, 0.3) is 0 Å². The zero-order valence-electron chi connectivity index (χ0n) is 11.6. The Hall–Kier alpha value is -1.55. The number of hydrogen-bond donors (Lipinski definition) is 2. The normalized spacial score (nSPS) is 13.2. The Morgan fingerprint density at radius 2 is 1.94 bits per heavy atom. The van der Waals surface area contributed by atoms with E-state index in [2.05, 4.69) is 0 Å². The van der Waals surface area contributed by atoms with Crippen molar-refractivity contribution in [1.82, 2.24) is 0 Å². The Morgan fingerprint density at radius 1 is 1.39 bits per heavy atom. The molecule has 3 N–H and O–H groups in total. The molecule has 0 aliphatic carbocycles. The largest absolute Gasteiger partial charge is 0.496 e. The van der Waals surface area contributed by atoms with E-state index >= 15 is 0 Å². The van der Waals surface area contributed by atoms with Crippen LogP contribution in [0.5, 0.6) is 5.75 Å². The molecule has 0 radical (unpaired) electrons. The van der Waals surface area contributed by atoms with Crippen LogP contribution in [0.2, 0.25) is 0 Å². The molecule has 0 saturated heterocycles. The fourth-order valence-corrected chi connectivity index (χ4v) is 2.00. The molecule has 0 heterocycles. The number of ether oxygens (including phenoxy) is 1. The molecule has 4 nitrogen and oxygen atoms in total. The molecular weight excluding hydrogens is 230 g/mol. The van der Waals surface area contributed by atoms with Crippen LogP contribution >= 0.6 is 0 Å². The van der Waals surface area contributed by atoms with E-state index < -0.39 is 17.4 Å². The van der Waals surface area contributed by atoms with Gasteiger partial charge in [-0.15, -0.1) is 0 Å². The molecule has 4 heteroatoms. The molecular formula is C14H21NO3. The molecule has 0 bridgehead atoms. The Balaban J connectivity index is 3.37. The molecule has 1 unspecified atom stereocenters. The van der Waals surface area contributed by atoms with Crippen molar-refractivity contribution in [1.29, 1.82) is 0 Å². The summed E-state index contributed by atoms with van der Waals surface area (Å²) in [4.78, 5) is 11.3. The SMILES string of the molecule is COc1cc(C)cc(C)c1C(N)C(C)(C)C(=O)O. The topological polar surface area (TPSA) is 72.5 Å². The van der Waals surface area contributed by atoms with E-state index in [1.54, 1.807) is 21.0 Å². The number of rotatable bonds is 4. The summed E-state index contributed by atoms with van der Waals surface area (Å²) in [5, 5.41) is 9.26. The highest BCUT2D eigenvalue weighted by Crippen LogP contribution is 2.38. The number of carboxylic acids is 1. The van der Waals surface area contributed by atoms with Gasteiger partial charge in [-0.05, 0) is 44.9 Å². The maximum Gasteiger partial charge on any atom is 0.311 e. The van der Waals surface area contributed by atoms with Crippen LogP contribution in [-0.2, 0) is 4.79 Å². The predicted octanol–water partition coefficient (Wildman–Crippen LogP) is 2.42. The number of carbonyl (C=O) groups is 1. The van der Waals surface area contributed by atoms with Crippen molar-refractivity contribution in [2.75, 3.05) is 7.11 Å². The Kier molecular flexibility index (Phi) is 4.02. The van der Waals surface area contributed by atoms with Crippen LogP contribution in [0.25, 0.3) is 0 Å². The zero-order chi connectivity index (χ0) is 14.1. The van der Waals surface area contributed by atoms with Crippen molar-refractivity contribution in [3.63, 3.8) is 0 Å². The number of benzene rings is 1. The molecule has 0 aliphatic heterocycles. The van der Waals surface area contributed by atoms with Crippen LogP contribution in [0.3, 0.4) is 0 Å². The Labute approximate surface area is 108 Å². The van der Waals surface area contributed by atoms with Crippen molar-refractivity contribution in [3.8, 4) is 5.75 Å². The summed E-state index contributed by atoms with van der Waals surface area (Å²) >= 11 is 0. The van der Waals surface area contributed by atoms with E-state index in [-0.39, 0.29) is 0 Å². The average molecular weight is 251 g/mol. The van der Waals surface area contributed by atoms with Crippen molar-refractivity contribution < 1.29 is 14.6 Å². The van der Waals surface area contributed by atoms with Crippen molar-refractivity contribution in [2.24, 2.45) is 11.1 Å². The average Bonchev–Trinajstić information content (AvgIpc) is 2.26. The van der Waals surface area contributed by atoms with Gasteiger partial charge in [-0.3, -0.25) is 4.79 Å². The molecule has 100 valence electrons. The summed E-state index contributed by atoms with van der Waals surface area (Å²) < 4.78 is 5.33. The van der Waals surface area contributed by atoms with Crippen LogP contribution in [0.15, 0.2) is 12.1 Å². The summed E-state index contributed by atoms with van der Waals surface area (Å²) in [6.45, 7) is 7.13. The minimum Gasteiger partial charge on any atom is -0.496 e. The zero-order valence-corrected chi connectivity index (χ0v) is 11.6. The lowest BCUT2D eigenvalue weighted by Gasteiger charge is -2.30. The standard InChI is InChI=1S/C14H21NO3/c1-8-6-9(2)11(10(7-8)18-5)12(15)14(3,4)13(16)17/h6-7,12H,15H2,1-5H3,(H,16,17). The van der Waals surface area contributed by atoms with Gasteiger partial charge in [-0.2, -0.15) is 0 Å². The number of aryl methyl sites for hydroxylation is 2. The van der Waals surface area contributed by atoms with Gasteiger partial charge in [0.15, 0.2) is 0 Å². The first-order chi connectivity index (χ1) is 8.21. The summed E-state index contributed by atoms with van der Waals surface area (Å²) in [5.41, 5.74) is 7.87. The number of carboxylic acid groups (broad SMARTS) is 1. The molecule has 0 fully saturated rings. The summed E-state index contributed by atoms with van der Waals surface area (Å²) in [6.07, 6.45) is 0. The smallest absolute Gasteiger partial charge is 0.311 e. The number of methoxy groups -OCH3 is 1. The van der Waals surface area contributed by atoms with E-state index in [4.69, 9.17) is 10.5 Å². The quantitative estimate of drug-likeness (QED) is 0.862. The van der Waals surface area contributed by atoms with Gasteiger partial charge in [-0.25, -0.2) is 0 Å². The predicted molar refractivity (Wildman–Crippen MR) is 70.8 cm³/mol. The third kappa shape index (κ3) is 2.48. The fourth-order valence-electron chi connectivity index (χ4n) is 2.00. The van der Waals surface area contributed by atoms with Crippen LogP contribution < -0.4 is 10.5 Å². The van der Waals surface area contributed by atoms with E-state index in [9.17, 15) is 9.90 Å². The second-order valence-electron chi connectivity index (χ2n) is 5.20. The van der Waals surface area contributed by atoms with Crippen LogP contribution in [0.4, 0.5) is 0 Å². The third-order valence-corrected chi connectivity index (χ3v) is 3.35. The Bertz CT molecular complexity index is 466. The molecule has 0 spiro atoms. The minimum atomic E-state index is -1.05. The molecule has 1 rings (SSSR count). The summed E-state index contributed by atoms with van der Waals surface area (Å²) in [6, 6.07) is 3.24. The van der Waals surface area contributed by atoms with E-state index in [1.165, 1.54) is 0 Å². The van der Waals surface area contributed by atoms with Gasteiger partial charge in [0.2, 0.25) is 0 Å². The molecule has 0 aromatic heterocycles. The van der Waals surface area contributed by atoms with Crippen molar-refractivity contribution in [3.05, 3.63) is 28.8 Å². The van der Waals surface area contributed by atoms with E-state index in [1.807, 2.05) is 26.0 Å². The van der Waals surface area contributed by atoms with Gasteiger partial charge >= 0.3 is 5.97 Å². The van der Waals surface area contributed by atoms with Crippen LogP contribution in [0.1, 0.15) is 36.6 Å². The lowest BCUT2D eigenvalue weighted by atomic mass is 9.79. The Morgan fingerprint density at radius 3 is 2.39 bits per heavy atom. The van der Waals surface area contributed by atoms with Crippen molar-refractivity contribution in [2.45, 2.75) is 33.7 Å². The molecule has 18 heavy (non-hydrogen) atoms. The highest BCUT2D eigenvalue weighted by Gasteiger charge is 2.37. The minimum absolute atomic E-state index is 0.620. The second-order valence-corrected chi connectivity index (χ2v) is 5.20. The first kappa shape index (κ1) is 14.5. The molecule has 1 aromatic rings.